The molecule has 0 aliphatic rings. The second kappa shape index (κ2) is 7.56. The highest BCUT2D eigenvalue weighted by Gasteiger charge is 2.14. The van der Waals surface area contributed by atoms with Crippen molar-refractivity contribution in [2.75, 3.05) is 12.4 Å². The van der Waals surface area contributed by atoms with Gasteiger partial charge >= 0.3 is 12.1 Å². The van der Waals surface area contributed by atoms with Crippen LogP contribution in [0.1, 0.15) is 5.56 Å². The van der Waals surface area contributed by atoms with Gasteiger partial charge in [0.2, 0.25) is 5.95 Å². The van der Waals surface area contributed by atoms with E-state index in [9.17, 15) is 14.4 Å². The molecule has 0 bridgehead atoms. The Bertz CT molecular complexity index is 1040. The summed E-state index contributed by atoms with van der Waals surface area (Å²) in [7, 11) is 1.55. The maximum atomic E-state index is 12.0. The van der Waals surface area contributed by atoms with Gasteiger partial charge in [-0.25, -0.2) is 9.78 Å². The molecule has 3 aromatic rings. The van der Waals surface area contributed by atoms with Gasteiger partial charge in [0.15, 0.2) is 11.2 Å². The number of fused-ring (bicyclic) bond motifs is 1. The monoisotopic (exact) mass is 373 g/mol. The summed E-state index contributed by atoms with van der Waals surface area (Å²) in [6, 6.07) is 6.94. The molecule has 3 N–H and O–H groups in total. The third-order valence-electron chi connectivity index (χ3n) is 3.53. The van der Waals surface area contributed by atoms with Crippen LogP contribution >= 0.6 is 0 Å². The van der Waals surface area contributed by atoms with Gasteiger partial charge in [-0.15, -0.1) is 0 Å². The summed E-state index contributed by atoms with van der Waals surface area (Å²) >= 11 is 0. The molecule has 11 heteroatoms. The molecule has 0 atom stereocenters. The number of ether oxygens (including phenoxy) is 2. The highest BCUT2D eigenvalue weighted by Crippen LogP contribution is 2.12. The molecule has 0 fully saturated rings. The Morgan fingerprint density at radius 3 is 2.70 bits per heavy atom. The second-order valence-electron chi connectivity index (χ2n) is 5.40. The minimum absolute atomic E-state index is 0.000743. The Hall–Kier alpha value is -3.89. The van der Waals surface area contributed by atoms with Crippen molar-refractivity contribution in [3.05, 3.63) is 46.5 Å². The van der Waals surface area contributed by atoms with Gasteiger partial charge in [0.25, 0.3) is 5.56 Å². The fraction of sp³-hybridized carbons (Fsp3) is 0.188. The van der Waals surface area contributed by atoms with E-state index < -0.39 is 24.2 Å². The molecular formula is C16H15N5O6. The molecule has 0 saturated carbocycles. The number of aliphatic carboxylic acids is 1. The van der Waals surface area contributed by atoms with E-state index in [0.717, 1.165) is 5.56 Å². The number of carboxylic acids is 1. The summed E-state index contributed by atoms with van der Waals surface area (Å²) in [5.74, 6) is -0.625. The lowest BCUT2D eigenvalue weighted by Gasteiger charge is -2.07. The minimum Gasteiger partial charge on any atom is -0.497 e. The van der Waals surface area contributed by atoms with E-state index in [4.69, 9.17) is 14.6 Å². The molecule has 2 aromatic heterocycles. The highest BCUT2D eigenvalue weighted by molar-refractivity contribution is 5.83. The van der Waals surface area contributed by atoms with Crippen LogP contribution in [-0.4, -0.2) is 43.8 Å². The van der Waals surface area contributed by atoms with Crippen molar-refractivity contribution in [1.29, 1.82) is 0 Å². The van der Waals surface area contributed by atoms with Gasteiger partial charge in [0.05, 0.1) is 13.4 Å². The second-order valence-corrected chi connectivity index (χ2v) is 5.40. The van der Waals surface area contributed by atoms with Crippen LogP contribution in [0.5, 0.6) is 5.75 Å². The largest absolute Gasteiger partial charge is 0.497 e. The number of hydrogen-bond acceptors (Lipinski definition) is 7. The number of rotatable bonds is 6. The van der Waals surface area contributed by atoms with Crippen molar-refractivity contribution in [3.8, 4) is 5.75 Å². The topological polar surface area (TPSA) is 148 Å². The summed E-state index contributed by atoms with van der Waals surface area (Å²) in [4.78, 5) is 45.0. The Balaban J connectivity index is 1.70. The molecule has 0 spiro atoms. The van der Waals surface area contributed by atoms with E-state index in [-0.39, 0.29) is 23.7 Å². The number of aromatic nitrogens is 4. The van der Waals surface area contributed by atoms with Crippen LogP contribution in [0, 0.1) is 0 Å². The third kappa shape index (κ3) is 4.21. The zero-order chi connectivity index (χ0) is 19.4. The van der Waals surface area contributed by atoms with Crippen LogP contribution in [0.2, 0.25) is 0 Å². The SMILES string of the molecule is COc1ccc(COC(=O)Nc2nc3c(ncn3CC(=O)O)c(=O)[nH]2)cc1. The summed E-state index contributed by atoms with van der Waals surface area (Å²) in [5.41, 5.74) is 0.122. The smallest absolute Gasteiger partial charge is 0.414 e. The Morgan fingerprint density at radius 1 is 1.30 bits per heavy atom. The zero-order valence-electron chi connectivity index (χ0n) is 14.1. The molecular weight excluding hydrogens is 358 g/mol. The van der Waals surface area contributed by atoms with E-state index in [2.05, 4.69) is 20.3 Å². The highest BCUT2D eigenvalue weighted by atomic mass is 16.5. The number of imidazole rings is 1. The van der Waals surface area contributed by atoms with Gasteiger partial charge in [0, 0.05) is 0 Å². The van der Waals surface area contributed by atoms with E-state index in [0.29, 0.717) is 5.75 Å². The number of anilines is 1. The number of carbonyl (C=O) groups is 2. The number of nitrogens with one attached hydrogen (secondary N) is 2. The van der Waals surface area contributed by atoms with E-state index in [1.807, 2.05) is 0 Å². The number of methoxy groups -OCH3 is 1. The Labute approximate surface area is 151 Å². The van der Waals surface area contributed by atoms with E-state index in [1.165, 1.54) is 10.9 Å². The first kappa shape index (κ1) is 17.9. The first-order valence-corrected chi connectivity index (χ1v) is 7.70. The Kier molecular flexibility index (Phi) is 5.01. The minimum atomic E-state index is -1.12. The molecule has 0 radical (unpaired) electrons. The average Bonchev–Trinajstić information content (AvgIpc) is 3.03. The molecule has 0 unspecified atom stereocenters. The lowest BCUT2D eigenvalue weighted by molar-refractivity contribution is -0.137. The predicted octanol–water partition coefficient (Wildman–Crippen LogP) is 0.961. The van der Waals surface area contributed by atoms with Crippen LogP contribution < -0.4 is 15.6 Å². The first-order valence-electron chi connectivity index (χ1n) is 7.70. The van der Waals surface area contributed by atoms with Crippen molar-refractivity contribution in [1.82, 2.24) is 19.5 Å². The van der Waals surface area contributed by atoms with Crippen LogP contribution in [0.25, 0.3) is 11.2 Å². The molecule has 0 aliphatic heterocycles. The van der Waals surface area contributed by atoms with Gasteiger partial charge in [-0.2, -0.15) is 4.98 Å². The summed E-state index contributed by atoms with van der Waals surface area (Å²) in [6.07, 6.45) is 0.352. The number of hydrogen-bond donors (Lipinski definition) is 3. The zero-order valence-corrected chi connectivity index (χ0v) is 14.1. The van der Waals surface area contributed by atoms with Crippen LogP contribution in [0.4, 0.5) is 10.7 Å². The average molecular weight is 373 g/mol. The van der Waals surface area contributed by atoms with E-state index >= 15 is 0 Å². The molecule has 140 valence electrons. The number of benzene rings is 1. The van der Waals surface area contributed by atoms with E-state index in [1.54, 1.807) is 31.4 Å². The number of carbonyl (C=O) groups excluding carboxylic acids is 1. The third-order valence-corrected chi connectivity index (χ3v) is 3.53. The van der Waals surface area contributed by atoms with Crippen LogP contribution in [0.3, 0.4) is 0 Å². The molecule has 1 aromatic carbocycles. The molecule has 2 heterocycles. The quantitative estimate of drug-likeness (QED) is 0.578. The number of H-pyrrole nitrogens is 1. The molecule has 3 rings (SSSR count). The van der Waals surface area contributed by atoms with Gasteiger partial charge < -0.3 is 19.1 Å². The molecule has 27 heavy (non-hydrogen) atoms. The summed E-state index contributed by atoms with van der Waals surface area (Å²) < 4.78 is 11.3. The van der Waals surface area contributed by atoms with Crippen LogP contribution in [-0.2, 0) is 22.7 Å². The summed E-state index contributed by atoms with van der Waals surface area (Å²) in [6.45, 7) is -0.423. The van der Waals surface area contributed by atoms with Gasteiger partial charge in [-0.05, 0) is 17.7 Å². The van der Waals surface area contributed by atoms with Gasteiger partial charge in [-0.3, -0.25) is 19.9 Å². The van der Waals surface area contributed by atoms with Gasteiger partial charge in [0.1, 0.15) is 18.9 Å². The first-order chi connectivity index (χ1) is 13.0. The summed E-state index contributed by atoms with van der Waals surface area (Å²) in [5, 5.41) is 11.2. The van der Waals surface area contributed by atoms with Crippen molar-refractivity contribution in [3.63, 3.8) is 0 Å². The number of nitrogens with zero attached hydrogens (tertiary/aromatic N) is 3. The van der Waals surface area contributed by atoms with Crippen molar-refractivity contribution < 1.29 is 24.2 Å². The number of carboxylic acid groups (broad SMARTS) is 1. The lowest BCUT2D eigenvalue weighted by Crippen LogP contribution is -2.20. The maximum absolute atomic E-state index is 12.0. The molecule has 11 nitrogen and oxygen atoms in total. The number of amides is 1. The number of aromatic amines is 1. The van der Waals surface area contributed by atoms with Crippen molar-refractivity contribution >= 4 is 29.2 Å². The predicted molar refractivity (Wildman–Crippen MR) is 92.6 cm³/mol. The van der Waals surface area contributed by atoms with Gasteiger partial charge in [-0.1, -0.05) is 12.1 Å². The van der Waals surface area contributed by atoms with Crippen LogP contribution in [0.15, 0.2) is 35.4 Å². The molecule has 0 aliphatic carbocycles. The normalized spacial score (nSPS) is 10.6. The Morgan fingerprint density at radius 2 is 2.04 bits per heavy atom. The van der Waals surface area contributed by atoms with Crippen molar-refractivity contribution in [2.45, 2.75) is 13.2 Å². The van der Waals surface area contributed by atoms with Crippen molar-refractivity contribution in [2.24, 2.45) is 0 Å². The standard InChI is InChI=1S/C16H15N5O6/c1-26-10-4-2-9(3-5-10)7-27-16(25)20-15-18-13-12(14(24)19-15)17-8-21(13)6-11(22)23/h2-5,8H,6-7H2,1H3,(H,22,23)(H2,18,19,20,24,25). The fourth-order valence-corrected chi connectivity index (χ4v) is 2.28. The fourth-order valence-electron chi connectivity index (χ4n) is 2.28. The lowest BCUT2D eigenvalue weighted by atomic mass is 10.2. The molecule has 1 amide bonds. The maximum Gasteiger partial charge on any atom is 0.414 e. The molecule has 0 saturated heterocycles.